The minimum atomic E-state index is 1.08. The summed E-state index contributed by atoms with van der Waals surface area (Å²) in [6.45, 7) is 5.53. The maximum atomic E-state index is 4.73. The lowest BCUT2D eigenvalue weighted by Crippen LogP contribution is -2.03. The monoisotopic (exact) mass is 216 g/mol. The quantitative estimate of drug-likeness (QED) is 0.743. The van der Waals surface area contributed by atoms with Crippen LogP contribution in [0.2, 0.25) is 0 Å². The number of para-hydroxylation sites is 2. The first-order chi connectivity index (χ1) is 7.86. The molecule has 2 aromatic rings. The molecule has 0 saturated heterocycles. The lowest BCUT2D eigenvalue weighted by atomic mass is 10.2. The molecular weight excluding hydrogens is 196 g/mol. The lowest BCUT2D eigenvalue weighted by molar-refractivity contribution is 0.634. The Balaban J connectivity index is 2.41. The van der Waals surface area contributed by atoms with Gasteiger partial charge in [0.25, 0.3) is 0 Å². The third kappa shape index (κ3) is 2.11. The summed E-state index contributed by atoms with van der Waals surface area (Å²) in [7, 11) is 0. The Morgan fingerprint density at radius 1 is 1.12 bits per heavy atom. The van der Waals surface area contributed by atoms with Crippen LogP contribution in [0.15, 0.2) is 24.3 Å². The number of rotatable bonds is 5. The fourth-order valence-corrected chi connectivity index (χ4v) is 2.12. The predicted molar refractivity (Wildman–Crippen MR) is 68.6 cm³/mol. The van der Waals surface area contributed by atoms with Crippen molar-refractivity contribution in [3.63, 3.8) is 0 Å². The normalized spacial score (nSPS) is 11.1. The van der Waals surface area contributed by atoms with Crippen LogP contribution in [0.25, 0.3) is 11.0 Å². The number of benzene rings is 1. The van der Waals surface area contributed by atoms with Crippen LogP contribution in [0, 0.1) is 0 Å². The zero-order valence-corrected chi connectivity index (χ0v) is 10.2. The molecule has 0 atom stereocenters. The number of nitrogens with zero attached hydrogens (tertiary/aromatic N) is 2. The van der Waals surface area contributed by atoms with Gasteiger partial charge in [-0.15, -0.1) is 0 Å². The SMILES string of the molecule is CCCCc1nc2ccccc2n1CCC. The van der Waals surface area contributed by atoms with Gasteiger partial charge < -0.3 is 4.57 Å². The van der Waals surface area contributed by atoms with E-state index in [1.807, 2.05) is 0 Å². The Kier molecular flexibility index (Phi) is 3.60. The largest absolute Gasteiger partial charge is 0.328 e. The van der Waals surface area contributed by atoms with Crippen molar-refractivity contribution < 1.29 is 0 Å². The van der Waals surface area contributed by atoms with Crippen molar-refractivity contribution in [2.45, 2.75) is 46.1 Å². The molecule has 1 aromatic carbocycles. The Morgan fingerprint density at radius 2 is 1.94 bits per heavy atom. The number of aromatic nitrogens is 2. The number of imidazole rings is 1. The van der Waals surface area contributed by atoms with Gasteiger partial charge in [-0.3, -0.25) is 0 Å². The topological polar surface area (TPSA) is 17.8 Å². The van der Waals surface area contributed by atoms with Crippen molar-refractivity contribution in [3.05, 3.63) is 30.1 Å². The zero-order chi connectivity index (χ0) is 11.4. The third-order valence-electron chi connectivity index (χ3n) is 2.93. The minimum absolute atomic E-state index is 1.08. The number of fused-ring (bicyclic) bond motifs is 1. The molecule has 0 saturated carbocycles. The maximum Gasteiger partial charge on any atom is 0.109 e. The summed E-state index contributed by atoms with van der Waals surface area (Å²) in [6, 6.07) is 8.44. The van der Waals surface area contributed by atoms with E-state index in [1.165, 1.54) is 30.6 Å². The molecule has 0 fully saturated rings. The Hall–Kier alpha value is -1.31. The molecule has 2 heteroatoms. The summed E-state index contributed by atoms with van der Waals surface area (Å²) in [5.41, 5.74) is 2.43. The van der Waals surface area contributed by atoms with Crippen LogP contribution in [-0.4, -0.2) is 9.55 Å². The molecule has 0 spiro atoms. The highest BCUT2D eigenvalue weighted by atomic mass is 15.1. The van der Waals surface area contributed by atoms with E-state index < -0.39 is 0 Å². The van der Waals surface area contributed by atoms with Crippen molar-refractivity contribution in [1.82, 2.24) is 9.55 Å². The summed E-state index contributed by atoms with van der Waals surface area (Å²) >= 11 is 0. The van der Waals surface area contributed by atoms with Crippen molar-refractivity contribution in [2.75, 3.05) is 0 Å². The molecule has 0 unspecified atom stereocenters. The van der Waals surface area contributed by atoms with Crippen molar-refractivity contribution in [1.29, 1.82) is 0 Å². The van der Waals surface area contributed by atoms with E-state index >= 15 is 0 Å². The van der Waals surface area contributed by atoms with Gasteiger partial charge in [0, 0.05) is 13.0 Å². The van der Waals surface area contributed by atoms with Gasteiger partial charge in [-0.05, 0) is 25.0 Å². The van der Waals surface area contributed by atoms with E-state index in [-0.39, 0.29) is 0 Å². The molecule has 0 radical (unpaired) electrons. The average molecular weight is 216 g/mol. The van der Waals surface area contributed by atoms with Gasteiger partial charge in [-0.2, -0.15) is 0 Å². The average Bonchev–Trinajstić information content (AvgIpc) is 2.66. The minimum Gasteiger partial charge on any atom is -0.328 e. The van der Waals surface area contributed by atoms with Gasteiger partial charge in [0.15, 0.2) is 0 Å². The van der Waals surface area contributed by atoms with Gasteiger partial charge in [0.2, 0.25) is 0 Å². The first-order valence-electron chi connectivity index (χ1n) is 6.31. The fourth-order valence-electron chi connectivity index (χ4n) is 2.12. The molecule has 1 heterocycles. The molecule has 2 rings (SSSR count). The highest BCUT2D eigenvalue weighted by molar-refractivity contribution is 5.75. The first kappa shape index (κ1) is 11.2. The zero-order valence-electron chi connectivity index (χ0n) is 10.2. The van der Waals surface area contributed by atoms with Crippen molar-refractivity contribution in [2.24, 2.45) is 0 Å². The summed E-state index contributed by atoms with van der Waals surface area (Å²) in [4.78, 5) is 4.73. The van der Waals surface area contributed by atoms with Gasteiger partial charge in [-0.1, -0.05) is 32.4 Å². The molecule has 0 aliphatic heterocycles. The molecule has 1 aromatic heterocycles. The van der Waals surface area contributed by atoms with Gasteiger partial charge in [0.05, 0.1) is 11.0 Å². The molecule has 16 heavy (non-hydrogen) atoms. The second kappa shape index (κ2) is 5.15. The third-order valence-corrected chi connectivity index (χ3v) is 2.93. The van der Waals surface area contributed by atoms with Crippen LogP contribution in [0.5, 0.6) is 0 Å². The van der Waals surface area contributed by atoms with Crippen molar-refractivity contribution >= 4 is 11.0 Å². The van der Waals surface area contributed by atoms with E-state index in [4.69, 9.17) is 4.98 Å². The van der Waals surface area contributed by atoms with E-state index in [9.17, 15) is 0 Å². The predicted octanol–water partition coefficient (Wildman–Crippen LogP) is 3.79. The number of hydrogen-bond acceptors (Lipinski definition) is 1. The summed E-state index contributed by atoms with van der Waals surface area (Å²) in [5.74, 6) is 1.25. The fraction of sp³-hybridized carbons (Fsp3) is 0.500. The number of aryl methyl sites for hydroxylation is 2. The highest BCUT2D eigenvalue weighted by Gasteiger charge is 2.08. The van der Waals surface area contributed by atoms with E-state index in [2.05, 4.69) is 42.7 Å². The molecule has 0 aliphatic carbocycles. The van der Waals surface area contributed by atoms with Crippen molar-refractivity contribution in [3.8, 4) is 0 Å². The molecule has 2 nitrogen and oxygen atoms in total. The second-order valence-corrected chi connectivity index (χ2v) is 4.27. The van der Waals surface area contributed by atoms with Crippen LogP contribution in [-0.2, 0) is 13.0 Å². The highest BCUT2D eigenvalue weighted by Crippen LogP contribution is 2.17. The van der Waals surface area contributed by atoms with Gasteiger partial charge in [0.1, 0.15) is 5.82 Å². The smallest absolute Gasteiger partial charge is 0.109 e. The molecule has 0 bridgehead atoms. The summed E-state index contributed by atoms with van der Waals surface area (Å²) < 4.78 is 2.38. The van der Waals surface area contributed by atoms with E-state index in [1.54, 1.807) is 0 Å². The number of hydrogen-bond donors (Lipinski definition) is 0. The Morgan fingerprint density at radius 3 is 2.69 bits per heavy atom. The van der Waals surface area contributed by atoms with Gasteiger partial charge in [-0.25, -0.2) is 4.98 Å². The van der Waals surface area contributed by atoms with Crippen LogP contribution < -0.4 is 0 Å². The second-order valence-electron chi connectivity index (χ2n) is 4.27. The Labute approximate surface area is 97.3 Å². The maximum absolute atomic E-state index is 4.73. The van der Waals surface area contributed by atoms with Crippen LogP contribution in [0.1, 0.15) is 38.9 Å². The molecular formula is C14H20N2. The molecule has 86 valence electrons. The summed E-state index contributed by atoms with van der Waals surface area (Å²) in [6.07, 6.45) is 4.73. The van der Waals surface area contributed by atoms with E-state index in [0.29, 0.717) is 0 Å². The van der Waals surface area contributed by atoms with Crippen LogP contribution in [0.4, 0.5) is 0 Å². The van der Waals surface area contributed by atoms with E-state index in [0.717, 1.165) is 18.5 Å². The number of unbranched alkanes of at least 4 members (excludes halogenated alkanes) is 1. The molecule has 0 aliphatic rings. The lowest BCUT2D eigenvalue weighted by Gasteiger charge is -2.06. The van der Waals surface area contributed by atoms with Crippen LogP contribution >= 0.6 is 0 Å². The standard InChI is InChI=1S/C14H20N2/c1-3-5-10-14-15-12-8-6-7-9-13(12)16(14)11-4-2/h6-9H,3-5,10-11H2,1-2H3. The molecule has 0 amide bonds. The summed E-state index contributed by atoms with van der Waals surface area (Å²) in [5, 5.41) is 0. The first-order valence-corrected chi connectivity index (χ1v) is 6.31. The Bertz CT molecular complexity index is 457. The molecule has 0 N–H and O–H groups in total. The van der Waals surface area contributed by atoms with Crippen LogP contribution in [0.3, 0.4) is 0 Å². The van der Waals surface area contributed by atoms with Gasteiger partial charge >= 0.3 is 0 Å².